The molecule has 25 heavy (non-hydrogen) atoms. The highest BCUT2D eigenvalue weighted by Crippen LogP contribution is 2.19. The first-order valence-electron chi connectivity index (χ1n) is 7.65. The van der Waals surface area contributed by atoms with Gasteiger partial charge in [-0.15, -0.1) is 0 Å². The molecule has 7 heteroatoms. The lowest BCUT2D eigenvalue weighted by Crippen LogP contribution is -2.23. The Morgan fingerprint density at radius 2 is 1.76 bits per heavy atom. The summed E-state index contributed by atoms with van der Waals surface area (Å²) >= 11 is 0. The molecule has 0 spiro atoms. The maximum absolute atomic E-state index is 12.1. The van der Waals surface area contributed by atoms with Crippen molar-refractivity contribution in [2.45, 2.75) is 25.6 Å². The van der Waals surface area contributed by atoms with E-state index in [0.29, 0.717) is 12.0 Å². The highest BCUT2D eigenvalue weighted by atomic mass is 19.4. The molecule has 0 unspecified atom stereocenters. The summed E-state index contributed by atoms with van der Waals surface area (Å²) in [6, 6.07) is 12.8. The van der Waals surface area contributed by atoms with Gasteiger partial charge in [-0.25, -0.2) is 0 Å². The van der Waals surface area contributed by atoms with Crippen LogP contribution in [0, 0.1) is 0 Å². The van der Waals surface area contributed by atoms with Gasteiger partial charge in [0, 0.05) is 13.0 Å². The van der Waals surface area contributed by atoms with Crippen molar-refractivity contribution in [1.29, 1.82) is 0 Å². The molecule has 0 bridgehead atoms. The fraction of sp³-hybridized carbons (Fsp3) is 0.278. The number of benzene rings is 2. The summed E-state index contributed by atoms with van der Waals surface area (Å²) in [5, 5.41) is 12.4. The summed E-state index contributed by atoms with van der Waals surface area (Å²) in [4.78, 5) is 11.8. The first-order chi connectivity index (χ1) is 11.8. The van der Waals surface area contributed by atoms with Crippen LogP contribution in [-0.2, 0) is 17.8 Å². The van der Waals surface area contributed by atoms with Crippen LogP contribution in [0.15, 0.2) is 48.5 Å². The third-order valence-corrected chi connectivity index (χ3v) is 3.43. The maximum Gasteiger partial charge on any atom is 0.422 e. The molecular formula is C18H18F3NO3. The van der Waals surface area contributed by atoms with Crippen molar-refractivity contribution in [3.05, 3.63) is 59.7 Å². The van der Waals surface area contributed by atoms with E-state index in [4.69, 9.17) is 0 Å². The Hall–Kier alpha value is -2.70. The second kappa shape index (κ2) is 8.41. The van der Waals surface area contributed by atoms with E-state index < -0.39 is 12.8 Å². The number of phenolic OH excluding ortho intramolecular Hbond substituents is 1. The van der Waals surface area contributed by atoms with Gasteiger partial charge in [0.25, 0.3) is 0 Å². The van der Waals surface area contributed by atoms with Gasteiger partial charge in [0.1, 0.15) is 11.5 Å². The standard InChI is InChI=1S/C18H18F3NO3/c19-18(20,21)12-25-15-8-5-13(6-9-15)11-22-17(24)10-7-14-3-1-2-4-16(14)23/h1-6,8-9,23H,7,10-12H2,(H,22,24). The Morgan fingerprint density at radius 1 is 1.08 bits per heavy atom. The quantitative estimate of drug-likeness (QED) is 0.800. The van der Waals surface area contributed by atoms with E-state index in [1.54, 1.807) is 36.4 Å². The van der Waals surface area contributed by atoms with Crippen molar-refractivity contribution in [3.8, 4) is 11.5 Å². The largest absolute Gasteiger partial charge is 0.508 e. The Balaban J connectivity index is 1.75. The van der Waals surface area contributed by atoms with Gasteiger partial charge in [-0.05, 0) is 35.7 Å². The van der Waals surface area contributed by atoms with E-state index in [0.717, 1.165) is 5.56 Å². The Kier molecular flexibility index (Phi) is 6.27. The first-order valence-corrected chi connectivity index (χ1v) is 7.65. The highest BCUT2D eigenvalue weighted by molar-refractivity contribution is 5.76. The number of ether oxygens (including phenoxy) is 1. The van der Waals surface area contributed by atoms with E-state index in [2.05, 4.69) is 10.1 Å². The zero-order chi connectivity index (χ0) is 18.3. The van der Waals surface area contributed by atoms with Crippen molar-refractivity contribution in [3.63, 3.8) is 0 Å². The van der Waals surface area contributed by atoms with Gasteiger partial charge in [0.15, 0.2) is 6.61 Å². The Morgan fingerprint density at radius 3 is 2.40 bits per heavy atom. The topological polar surface area (TPSA) is 58.6 Å². The minimum Gasteiger partial charge on any atom is -0.508 e. The zero-order valence-electron chi connectivity index (χ0n) is 13.3. The molecule has 134 valence electrons. The van der Waals surface area contributed by atoms with Crippen LogP contribution in [0.3, 0.4) is 0 Å². The zero-order valence-corrected chi connectivity index (χ0v) is 13.3. The molecule has 2 N–H and O–H groups in total. The molecule has 0 heterocycles. The predicted octanol–water partition coefficient (Wildman–Crippen LogP) is 3.58. The molecule has 0 saturated carbocycles. The van der Waals surface area contributed by atoms with Crippen LogP contribution in [0.2, 0.25) is 0 Å². The summed E-state index contributed by atoms with van der Waals surface area (Å²) in [6.07, 6.45) is -3.73. The molecule has 1 amide bonds. The number of aryl methyl sites for hydroxylation is 1. The third-order valence-electron chi connectivity index (χ3n) is 3.43. The van der Waals surface area contributed by atoms with E-state index in [1.165, 1.54) is 12.1 Å². The van der Waals surface area contributed by atoms with Crippen molar-refractivity contribution >= 4 is 5.91 Å². The number of nitrogens with one attached hydrogen (secondary N) is 1. The smallest absolute Gasteiger partial charge is 0.422 e. The van der Waals surface area contributed by atoms with E-state index in [1.807, 2.05) is 0 Å². The van der Waals surface area contributed by atoms with Gasteiger partial charge >= 0.3 is 6.18 Å². The molecule has 0 atom stereocenters. The molecular weight excluding hydrogens is 335 g/mol. The SMILES string of the molecule is O=C(CCc1ccccc1O)NCc1ccc(OCC(F)(F)F)cc1. The fourth-order valence-electron chi connectivity index (χ4n) is 2.13. The lowest BCUT2D eigenvalue weighted by atomic mass is 10.1. The van der Waals surface area contributed by atoms with Gasteiger partial charge in [-0.1, -0.05) is 30.3 Å². The number of hydrogen-bond acceptors (Lipinski definition) is 3. The number of para-hydroxylation sites is 1. The fourth-order valence-corrected chi connectivity index (χ4v) is 2.13. The van der Waals surface area contributed by atoms with E-state index in [9.17, 15) is 23.1 Å². The highest BCUT2D eigenvalue weighted by Gasteiger charge is 2.28. The van der Waals surface area contributed by atoms with Crippen LogP contribution >= 0.6 is 0 Å². The van der Waals surface area contributed by atoms with Crippen LogP contribution < -0.4 is 10.1 Å². The lowest BCUT2D eigenvalue weighted by Gasteiger charge is -2.10. The summed E-state index contributed by atoms with van der Waals surface area (Å²) < 4.78 is 40.8. The van der Waals surface area contributed by atoms with Crippen molar-refractivity contribution < 1.29 is 27.8 Å². The summed E-state index contributed by atoms with van der Waals surface area (Å²) in [5.74, 6) is 0.0948. The average Bonchev–Trinajstić information content (AvgIpc) is 2.57. The van der Waals surface area contributed by atoms with Crippen LogP contribution in [0.1, 0.15) is 17.5 Å². The van der Waals surface area contributed by atoms with E-state index in [-0.39, 0.29) is 30.4 Å². The van der Waals surface area contributed by atoms with Crippen LogP contribution in [0.25, 0.3) is 0 Å². The number of alkyl halides is 3. The molecule has 0 aliphatic carbocycles. The molecule has 0 saturated heterocycles. The minimum absolute atomic E-state index is 0.118. The van der Waals surface area contributed by atoms with E-state index >= 15 is 0 Å². The number of carbonyl (C=O) groups is 1. The second-order valence-corrected chi connectivity index (χ2v) is 5.45. The number of aromatic hydroxyl groups is 1. The van der Waals surface area contributed by atoms with Gasteiger partial charge in [-0.3, -0.25) is 4.79 Å². The number of hydrogen-bond donors (Lipinski definition) is 2. The van der Waals surface area contributed by atoms with Gasteiger partial charge in [0.2, 0.25) is 5.91 Å². The van der Waals surface area contributed by atoms with Crippen molar-refractivity contribution in [1.82, 2.24) is 5.32 Å². The van der Waals surface area contributed by atoms with Crippen molar-refractivity contribution in [2.24, 2.45) is 0 Å². The van der Waals surface area contributed by atoms with Crippen LogP contribution in [0.4, 0.5) is 13.2 Å². The van der Waals surface area contributed by atoms with Crippen LogP contribution in [0.5, 0.6) is 11.5 Å². The molecule has 2 rings (SSSR count). The molecule has 0 aromatic heterocycles. The molecule has 2 aromatic rings. The summed E-state index contributed by atoms with van der Waals surface area (Å²) in [7, 11) is 0. The number of amides is 1. The minimum atomic E-state index is -4.38. The molecule has 0 fully saturated rings. The van der Waals surface area contributed by atoms with Gasteiger partial charge < -0.3 is 15.2 Å². The molecule has 0 radical (unpaired) electrons. The lowest BCUT2D eigenvalue weighted by molar-refractivity contribution is -0.153. The second-order valence-electron chi connectivity index (χ2n) is 5.45. The molecule has 2 aromatic carbocycles. The third kappa shape index (κ3) is 6.74. The first kappa shape index (κ1) is 18.6. The number of carbonyl (C=O) groups excluding carboxylic acids is 1. The maximum atomic E-state index is 12.1. The average molecular weight is 353 g/mol. The number of phenols is 1. The molecule has 0 aliphatic rings. The summed E-state index contributed by atoms with van der Waals surface area (Å²) in [5.41, 5.74) is 1.44. The molecule has 0 aliphatic heterocycles. The number of rotatable bonds is 7. The van der Waals surface area contributed by atoms with Crippen molar-refractivity contribution in [2.75, 3.05) is 6.61 Å². The van der Waals surface area contributed by atoms with Gasteiger partial charge in [0.05, 0.1) is 0 Å². The predicted molar refractivity (Wildman–Crippen MR) is 86.3 cm³/mol. The summed E-state index contributed by atoms with van der Waals surface area (Å²) in [6.45, 7) is -1.07. The normalized spacial score (nSPS) is 11.2. The monoisotopic (exact) mass is 353 g/mol. The molecule has 4 nitrogen and oxygen atoms in total. The Labute approximate surface area is 143 Å². The Bertz CT molecular complexity index is 699. The van der Waals surface area contributed by atoms with Gasteiger partial charge in [-0.2, -0.15) is 13.2 Å². The number of halogens is 3. The van der Waals surface area contributed by atoms with Crippen LogP contribution in [-0.4, -0.2) is 23.8 Å².